The summed E-state index contributed by atoms with van der Waals surface area (Å²) in [5, 5.41) is 0. The Hall–Kier alpha value is -3.90. The van der Waals surface area contributed by atoms with Gasteiger partial charge in [0.15, 0.2) is 16.3 Å². The van der Waals surface area contributed by atoms with Crippen LogP contribution in [0.2, 0.25) is 0 Å². The molecule has 0 fully saturated rings. The van der Waals surface area contributed by atoms with E-state index >= 15 is 0 Å². The Morgan fingerprint density at radius 1 is 1.02 bits per heavy atom. The van der Waals surface area contributed by atoms with Crippen molar-refractivity contribution in [3.8, 4) is 17.2 Å². The highest BCUT2D eigenvalue weighted by molar-refractivity contribution is 14.1. The molecule has 0 spiro atoms. The van der Waals surface area contributed by atoms with E-state index in [0.29, 0.717) is 56.6 Å². The van der Waals surface area contributed by atoms with E-state index in [-0.39, 0.29) is 18.3 Å². The van der Waals surface area contributed by atoms with Crippen molar-refractivity contribution < 1.29 is 23.7 Å². The van der Waals surface area contributed by atoms with Crippen LogP contribution in [0.5, 0.6) is 17.2 Å². The first kappa shape index (κ1) is 32.5. The normalized spacial score (nSPS) is 14.6. The Balaban J connectivity index is 1.62. The molecule has 0 saturated carbocycles. The molecule has 1 aliphatic heterocycles. The number of carbonyl (C=O) groups excluding carboxylic acids is 1. The van der Waals surface area contributed by atoms with E-state index in [1.807, 2.05) is 93.6 Å². The van der Waals surface area contributed by atoms with Crippen LogP contribution in [0.25, 0.3) is 6.08 Å². The summed E-state index contributed by atoms with van der Waals surface area (Å²) in [5.41, 5.74) is 3.05. The summed E-state index contributed by atoms with van der Waals surface area (Å²) in [4.78, 5) is 32.7. The van der Waals surface area contributed by atoms with Gasteiger partial charge in [0.25, 0.3) is 5.56 Å². The van der Waals surface area contributed by atoms with Gasteiger partial charge in [-0.3, -0.25) is 9.36 Å². The van der Waals surface area contributed by atoms with E-state index in [1.165, 1.54) is 11.3 Å². The molecule has 10 heteroatoms. The molecule has 1 aliphatic rings. The third-order valence-corrected chi connectivity index (χ3v) is 8.73. The summed E-state index contributed by atoms with van der Waals surface area (Å²) in [6.07, 6.45) is 1.71. The van der Waals surface area contributed by atoms with Gasteiger partial charge in [-0.1, -0.05) is 59.9 Å². The first-order chi connectivity index (χ1) is 21.7. The number of ether oxygens (including phenoxy) is 4. The summed E-state index contributed by atoms with van der Waals surface area (Å²) in [5.74, 6) is 1.32. The predicted molar refractivity (Wildman–Crippen MR) is 184 cm³/mol. The SMILES string of the molecule is CCOC(=O)C1=C(C)N=c2s/c(=C\c3cc(I)c(OCc4ccccc4)c(OCC)c3)c(=O)n2[C@H]1c1ccccc1OC(C)C. The number of benzene rings is 3. The summed E-state index contributed by atoms with van der Waals surface area (Å²) in [6.45, 7) is 10.4. The van der Waals surface area contributed by atoms with Gasteiger partial charge < -0.3 is 18.9 Å². The zero-order chi connectivity index (χ0) is 32.1. The number of allylic oxidation sites excluding steroid dienone is 1. The van der Waals surface area contributed by atoms with Crippen molar-refractivity contribution in [1.29, 1.82) is 0 Å². The first-order valence-corrected chi connectivity index (χ1v) is 16.7. The number of hydrogen-bond acceptors (Lipinski definition) is 8. The molecule has 1 aromatic heterocycles. The smallest absolute Gasteiger partial charge is 0.338 e. The van der Waals surface area contributed by atoms with Crippen LogP contribution in [-0.4, -0.2) is 29.9 Å². The minimum Gasteiger partial charge on any atom is -0.491 e. The number of rotatable bonds is 11. The largest absolute Gasteiger partial charge is 0.491 e. The van der Waals surface area contributed by atoms with Gasteiger partial charge in [0.05, 0.1) is 38.7 Å². The maximum absolute atomic E-state index is 14.2. The molecule has 0 saturated heterocycles. The van der Waals surface area contributed by atoms with Gasteiger partial charge in [0, 0.05) is 5.56 Å². The van der Waals surface area contributed by atoms with Crippen LogP contribution in [0, 0.1) is 3.57 Å². The Bertz CT molecular complexity index is 1910. The maximum atomic E-state index is 14.2. The standard InChI is InChI=1S/C35H35IN2O6S/c1-6-41-28-18-24(17-26(36)32(28)43-20-23-13-9-8-10-14-23)19-29-33(39)38-31(25-15-11-12-16-27(25)44-21(3)4)30(34(40)42-7-2)22(5)37-35(38)45-29/h8-19,21,31H,6-7,20H2,1-5H3/b29-19-/t31-/m0/s1. The molecule has 2 heterocycles. The number of aromatic nitrogens is 1. The lowest BCUT2D eigenvalue weighted by Gasteiger charge is -2.26. The minimum absolute atomic E-state index is 0.111. The highest BCUT2D eigenvalue weighted by atomic mass is 127. The molecule has 0 radical (unpaired) electrons. The van der Waals surface area contributed by atoms with E-state index in [9.17, 15) is 9.59 Å². The molecule has 0 unspecified atom stereocenters. The van der Waals surface area contributed by atoms with Crippen LogP contribution in [0.3, 0.4) is 0 Å². The Labute approximate surface area is 279 Å². The van der Waals surface area contributed by atoms with Gasteiger partial charge in [-0.05, 0) is 92.6 Å². The first-order valence-electron chi connectivity index (χ1n) is 14.8. The van der Waals surface area contributed by atoms with E-state index in [0.717, 1.165) is 14.7 Å². The summed E-state index contributed by atoms with van der Waals surface area (Å²) < 4.78 is 26.6. The molecule has 0 amide bonds. The van der Waals surface area contributed by atoms with Crippen molar-refractivity contribution in [1.82, 2.24) is 4.57 Å². The van der Waals surface area contributed by atoms with E-state index < -0.39 is 12.0 Å². The molecular weight excluding hydrogens is 703 g/mol. The van der Waals surface area contributed by atoms with Crippen molar-refractivity contribution in [2.45, 2.75) is 53.4 Å². The molecule has 4 aromatic rings. The average molecular weight is 739 g/mol. The van der Waals surface area contributed by atoms with Gasteiger partial charge in [-0.2, -0.15) is 0 Å². The third kappa shape index (κ3) is 7.17. The van der Waals surface area contributed by atoms with Crippen molar-refractivity contribution in [2.75, 3.05) is 13.2 Å². The second-order valence-electron chi connectivity index (χ2n) is 10.5. The van der Waals surface area contributed by atoms with Crippen LogP contribution in [0.15, 0.2) is 87.8 Å². The van der Waals surface area contributed by atoms with Gasteiger partial charge in [-0.15, -0.1) is 0 Å². The highest BCUT2D eigenvalue weighted by Gasteiger charge is 2.35. The lowest BCUT2D eigenvalue weighted by atomic mass is 9.95. The predicted octanol–water partition coefficient (Wildman–Crippen LogP) is 6.17. The molecule has 234 valence electrons. The fourth-order valence-electron chi connectivity index (χ4n) is 5.11. The number of fused-ring (bicyclic) bond motifs is 1. The second-order valence-corrected chi connectivity index (χ2v) is 12.7. The van der Waals surface area contributed by atoms with Crippen LogP contribution in [-0.2, 0) is 16.1 Å². The summed E-state index contributed by atoms with van der Waals surface area (Å²) in [6, 6.07) is 20.5. The van der Waals surface area contributed by atoms with Crippen LogP contribution >= 0.6 is 33.9 Å². The molecule has 8 nitrogen and oxygen atoms in total. The van der Waals surface area contributed by atoms with E-state index in [1.54, 1.807) is 18.4 Å². The topological polar surface area (TPSA) is 88.4 Å². The molecule has 0 aliphatic carbocycles. The van der Waals surface area contributed by atoms with Gasteiger partial charge in [0.2, 0.25) is 0 Å². The lowest BCUT2D eigenvalue weighted by Crippen LogP contribution is -2.40. The third-order valence-electron chi connectivity index (χ3n) is 6.95. The lowest BCUT2D eigenvalue weighted by molar-refractivity contribution is -0.139. The van der Waals surface area contributed by atoms with E-state index in [2.05, 4.69) is 22.6 Å². The van der Waals surface area contributed by atoms with Crippen molar-refractivity contribution >= 4 is 46.0 Å². The second kappa shape index (κ2) is 14.5. The zero-order valence-electron chi connectivity index (χ0n) is 25.8. The molecular formula is C35H35IN2O6S. The number of para-hydroxylation sites is 1. The van der Waals surface area contributed by atoms with Crippen LogP contribution in [0.4, 0.5) is 0 Å². The molecule has 0 N–H and O–H groups in total. The van der Waals surface area contributed by atoms with Crippen molar-refractivity contribution in [2.24, 2.45) is 4.99 Å². The molecule has 45 heavy (non-hydrogen) atoms. The summed E-state index contributed by atoms with van der Waals surface area (Å²) >= 11 is 3.50. The Kier molecular flexibility index (Phi) is 10.4. The Morgan fingerprint density at radius 3 is 2.47 bits per heavy atom. The quantitative estimate of drug-likeness (QED) is 0.135. The maximum Gasteiger partial charge on any atom is 0.338 e. The average Bonchev–Trinajstić information content (AvgIpc) is 3.30. The van der Waals surface area contributed by atoms with Crippen molar-refractivity contribution in [3.63, 3.8) is 0 Å². The number of hydrogen-bond donors (Lipinski definition) is 0. The summed E-state index contributed by atoms with van der Waals surface area (Å²) in [7, 11) is 0. The fraction of sp³-hybridized carbons (Fsp3) is 0.286. The number of carbonyl (C=O) groups is 1. The molecule has 3 aromatic carbocycles. The van der Waals surface area contributed by atoms with Gasteiger partial charge >= 0.3 is 5.97 Å². The molecule has 0 bridgehead atoms. The minimum atomic E-state index is -0.773. The van der Waals surface area contributed by atoms with E-state index in [4.69, 9.17) is 23.9 Å². The number of halogens is 1. The number of esters is 1. The highest BCUT2D eigenvalue weighted by Crippen LogP contribution is 2.37. The number of nitrogens with zero attached hydrogens (tertiary/aromatic N) is 2. The zero-order valence-corrected chi connectivity index (χ0v) is 28.8. The van der Waals surface area contributed by atoms with Crippen molar-refractivity contribution in [3.05, 3.63) is 118 Å². The van der Waals surface area contributed by atoms with Gasteiger partial charge in [0.1, 0.15) is 18.4 Å². The van der Waals surface area contributed by atoms with Crippen LogP contribution in [0.1, 0.15) is 57.4 Å². The molecule has 1 atom stereocenters. The van der Waals surface area contributed by atoms with Gasteiger partial charge in [-0.25, -0.2) is 9.79 Å². The molecule has 5 rings (SSSR count). The van der Waals surface area contributed by atoms with Crippen LogP contribution < -0.4 is 29.1 Å². The Morgan fingerprint density at radius 2 is 1.76 bits per heavy atom. The fourth-order valence-corrected chi connectivity index (χ4v) is 6.94. The number of thiazole rings is 1. The monoisotopic (exact) mass is 738 g/mol.